The summed E-state index contributed by atoms with van der Waals surface area (Å²) in [7, 11) is 0. The minimum atomic E-state index is -2.70. The third-order valence-corrected chi connectivity index (χ3v) is 6.70. The number of benzene rings is 1. The summed E-state index contributed by atoms with van der Waals surface area (Å²) in [4.78, 5) is 36.0. The summed E-state index contributed by atoms with van der Waals surface area (Å²) in [6, 6.07) is 4.64. The van der Waals surface area contributed by atoms with E-state index in [9.17, 15) is 18.4 Å². The Morgan fingerprint density at radius 2 is 1.88 bits per heavy atom. The lowest BCUT2D eigenvalue weighted by molar-refractivity contribution is -0.124. The molecule has 1 saturated heterocycles. The number of aromatic nitrogens is 2. The van der Waals surface area contributed by atoms with Gasteiger partial charge in [0.2, 0.25) is 0 Å². The number of hydrogen-bond acceptors (Lipinski definition) is 5. The number of rotatable bonds is 7. The lowest BCUT2D eigenvalue weighted by Crippen LogP contribution is -2.46. The Balaban J connectivity index is 1.23. The first-order chi connectivity index (χ1) is 16.3. The molecule has 12 heteroatoms. The van der Waals surface area contributed by atoms with E-state index in [1.807, 2.05) is 0 Å². The van der Waals surface area contributed by atoms with Crippen molar-refractivity contribution in [2.45, 2.75) is 44.2 Å². The average molecular weight is 514 g/mol. The van der Waals surface area contributed by atoms with Crippen molar-refractivity contribution >= 4 is 41.0 Å². The topological polar surface area (TPSA) is 87.7 Å². The molecule has 182 valence electrons. The van der Waals surface area contributed by atoms with Crippen molar-refractivity contribution < 1.29 is 23.1 Å². The molecule has 0 atom stereocenters. The quantitative estimate of drug-likeness (QED) is 0.590. The molecule has 4 rings (SSSR count). The van der Waals surface area contributed by atoms with E-state index in [1.54, 1.807) is 23.1 Å². The lowest BCUT2D eigenvalue weighted by atomic mass is 9.90. The standard InChI is InChI=1S/C22H23Cl2F2N5O3/c23-16-6-5-15(9-17(16)24)34-12-20(32)29-13-1-3-14(4-2-13)30-7-8-31(22(30)33)19-11-27-18(10-28-19)21(25)26/h5-6,9-11,13-14,21H,1-4,7-8,12H2,(H,29,32). The Hall–Kier alpha value is -2.72. The Morgan fingerprint density at radius 1 is 1.12 bits per heavy atom. The van der Waals surface area contributed by atoms with Crippen LogP contribution in [0.4, 0.5) is 19.4 Å². The smallest absolute Gasteiger partial charge is 0.326 e. The Morgan fingerprint density at radius 3 is 2.53 bits per heavy atom. The predicted molar refractivity (Wildman–Crippen MR) is 123 cm³/mol. The third kappa shape index (κ3) is 5.67. The molecule has 34 heavy (non-hydrogen) atoms. The maximum Gasteiger partial charge on any atom is 0.326 e. The molecule has 1 aliphatic carbocycles. The van der Waals surface area contributed by atoms with Crippen LogP contribution in [0.1, 0.15) is 37.8 Å². The van der Waals surface area contributed by atoms with Crippen LogP contribution < -0.4 is 15.0 Å². The molecule has 0 unspecified atom stereocenters. The van der Waals surface area contributed by atoms with E-state index in [4.69, 9.17) is 27.9 Å². The van der Waals surface area contributed by atoms with Crippen LogP contribution in [0, 0.1) is 0 Å². The van der Waals surface area contributed by atoms with Gasteiger partial charge in [0.25, 0.3) is 12.3 Å². The predicted octanol–water partition coefficient (Wildman–Crippen LogP) is 4.47. The zero-order valence-electron chi connectivity index (χ0n) is 18.1. The molecular formula is C22H23Cl2F2N5O3. The highest BCUT2D eigenvalue weighted by Gasteiger charge is 2.37. The van der Waals surface area contributed by atoms with Crippen molar-refractivity contribution in [3.63, 3.8) is 0 Å². The molecule has 3 amide bonds. The number of ether oxygens (including phenoxy) is 1. The van der Waals surface area contributed by atoms with Gasteiger partial charge in [0.1, 0.15) is 11.4 Å². The number of urea groups is 1. The fraction of sp³-hybridized carbons (Fsp3) is 0.455. The van der Waals surface area contributed by atoms with Crippen LogP contribution in [-0.4, -0.2) is 58.6 Å². The van der Waals surface area contributed by atoms with Crippen molar-refractivity contribution in [3.8, 4) is 5.75 Å². The number of alkyl halides is 2. The van der Waals surface area contributed by atoms with E-state index in [1.165, 1.54) is 11.1 Å². The summed E-state index contributed by atoms with van der Waals surface area (Å²) in [6.07, 6.45) is 2.45. The highest BCUT2D eigenvalue weighted by atomic mass is 35.5. The largest absolute Gasteiger partial charge is 0.484 e. The normalized spacial score (nSPS) is 20.7. The van der Waals surface area contributed by atoms with Gasteiger partial charge in [-0.25, -0.2) is 23.5 Å². The van der Waals surface area contributed by atoms with E-state index in [0.29, 0.717) is 28.9 Å². The second-order valence-electron chi connectivity index (χ2n) is 8.17. The van der Waals surface area contributed by atoms with Gasteiger partial charge in [-0.05, 0) is 37.8 Å². The van der Waals surface area contributed by atoms with Gasteiger partial charge in [-0.3, -0.25) is 9.69 Å². The van der Waals surface area contributed by atoms with Gasteiger partial charge in [0, 0.05) is 31.2 Å². The van der Waals surface area contributed by atoms with Gasteiger partial charge < -0.3 is 15.0 Å². The first-order valence-corrected chi connectivity index (χ1v) is 11.6. The van der Waals surface area contributed by atoms with Crippen LogP contribution in [0.2, 0.25) is 10.0 Å². The van der Waals surface area contributed by atoms with Gasteiger partial charge in [-0.15, -0.1) is 0 Å². The molecule has 2 heterocycles. The molecule has 0 radical (unpaired) electrons. The van der Waals surface area contributed by atoms with Gasteiger partial charge >= 0.3 is 6.03 Å². The summed E-state index contributed by atoms with van der Waals surface area (Å²) in [5, 5.41) is 3.73. The second-order valence-corrected chi connectivity index (χ2v) is 8.98. The minimum absolute atomic E-state index is 0.00252. The van der Waals surface area contributed by atoms with Crippen LogP contribution in [0.3, 0.4) is 0 Å². The van der Waals surface area contributed by atoms with E-state index in [2.05, 4.69) is 15.3 Å². The molecule has 1 aromatic heterocycles. The number of amides is 3. The zero-order valence-corrected chi connectivity index (χ0v) is 19.6. The molecule has 8 nitrogen and oxygen atoms in total. The van der Waals surface area contributed by atoms with Gasteiger partial charge in [0.15, 0.2) is 12.4 Å². The summed E-state index contributed by atoms with van der Waals surface area (Å²) < 4.78 is 30.8. The van der Waals surface area contributed by atoms with E-state index in [0.717, 1.165) is 31.9 Å². The number of nitrogens with zero attached hydrogens (tertiary/aromatic N) is 4. The van der Waals surface area contributed by atoms with Crippen LogP contribution in [-0.2, 0) is 4.79 Å². The Bertz CT molecular complexity index is 1040. The molecule has 1 saturated carbocycles. The van der Waals surface area contributed by atoms with Gasteiger partial charge in [0.05, 0.1) is 22.4 Å². The van der Waals surface area contributed by atoms with Crippen LogP contribution in [0.5, 0.6) is 5.75 Å². The molecule has 1 N–H and O–H groups in total. The number of halogens is 4. The number of hydrogen-bond donors (Lipinski definition) is 1. The van der Waals surface area contributed by atoms with Crippen LogP contribution in [0.25, 0.3) is 0 Å². The monoisotopic (exact) mass is 513 g/mol. The van der Waals surface area contributed by atoms with Gasteiger partial charge in [-0.1, -0.05) is 23.2 Å². The van der Waals surface area contributed by atoms with Crippen LogP contribution in [0.15, 0.2) is 30.6 Å². The average Bonchev–Trinajstić information content (AvgIpc) is 3.21. The first-order valence-electron chi connectivity index (χ1n) is 10.9. The van der Waals surface area contributed by atoms with E-state index >= 15 is 0 Å². The second kappa shape index (κ2) is 10.7. The van der Waals surface area contributed by atoms with Gasteiger partial charge in [-0.2, -0.15) is 0 Å². The summed E-state index contributed by atoms with van der Waals surface area (Å²) in [6.45, 7) is 0.809. The van der Waals surface area contributed by atoms with E-state index < -0.39 is 12.1 Å². The molecule has 2 fully saturated rings. The zero-order chi connectivity index (χ0) is 24.2. The fourth-order valence-corrected chi connectivity index (χ4v) is 4.49. The first kappa shape index (κ1) is 24.4. The molecule has 0 bridgehead atoms. The van der Waals surface area contributed by atoms with Crippen molar-refractivity contribution in [3.05, 3.63) is 46.3 Å². The molecule has 2 aliphatic rings. The minimum Gasteiger partial charge on any atom is -0.484 e. The number of anilines is 1. The lowest BCUT2D eigenvalue weighted by Gasteiger charge is -2.34. The van der Waals surface area contributed by atoms with Crippen molar-refractivity contribution in [2.75, 3.05) is 24.6 Å². The molecular weight excluding hydrogens is 491 g/mol. The maximum atomic E-state index is 12.9. The highest BCUT2D eigenvalue weighted by Crippen LogP contribution is 2.29. The molecule has 1 aromatic carbocycles. The summed E-state index contributed by atoms with van der Waals surface area (Å²) in [5.41, 5.74) is -0.421. The van der Waals surface area contributed by atoms with Crippen LogP contribution >= 0.6 is 23.2 Å². The maximum absolute atomic E-state index is 12.9. The summed E-state index contributed by atoms with van der Waals surface area (Å²) >= 11 is 11.8. The number of nitrogens with one attached hydrogen (secondary N) is 1. The molecule has 0 spiro atoms. The fourth-order valence-electron chi connectivity index (χ4n) is 4.21. The number of carbonyl (C=O) groups is 2. The SMILES string of the molecule is O=C(COc1ccc(Cl)c(Cl)c1)NC1CCC(N2CCN(c3cnc(C(F)F)cn3)C2=O)CC1. The number of carbonyl (C=O) groups excluding carboxylic acids is 2. The highest BCUT2D eigenvalue weighted by molar-refractivity contribution is 6.42. The van der Waals surface area contributed by atoms with Crippen molar-refractivity contribution in [2.24, 2.45) is 0 Å². The Kier molecular flexibility index (Phi) is 7.67. The van der Waals surface area contributed by atoms with E-state index in [-0.39, 0.29) is 36.4 Å². The van der Waals surface area contributed by atoms with Crippen molar-refractivity contribution in [1.82, 2.24) is 20.2 Å². The Labute approximate surface area is 205 Å². The third-order valence-electron chi connectivity index (χ3n) is 5.96. The summed E-state index contributed by atoms with van der Waals surface area (Å²) in [5.74, 6) is 0.488. The molecule has 2 aromatic rings. The molecule has 1 aliphatic heterocycles. The van der Waals surface area contributed by atoms with Crippen molar-refractivity contribution in [1.29, 1.82) is 0 Å².